The minimum atomic E-state index is -0.771. The fourth-order valence-electron chi connectivity index (χ4n) is 4.12. The van der Waals surface area contributed by atoms with Crippen LogP contribution >= 0.6 is 11.6 Å². The van der Waals surface area contributed by atoms with Gasteiger partial charge in [-0.1, -0.05) is 66.2 Å². The highest BCUT2D eigenvalue weighted by atomic mass is 35.5. The Morgan fingerprint density at radius 3 is 2.46 bits per heavy atom. The quantitative estimate of drug-likeness (QED) is 0.227. The van der Waals surface area contributed by atoms with Crippen LogP contribution < -0.4 is 5.73 Å². The van der Waals surface area contributed by atoms with E-state index >= 15 is 0 Å². The molecule has 0 saturated heterocycles. The van der Waals surface area contributed by atoms with Gasteiger partial charge in [-0.2, -0.15) is 0 Å². The topological polar surface area (TPSA) is 61.5 Å². The molecule has 0 spiro atoms. The van der Waals surface area contributed by atoms with Crippen molar-refractivity contribution in [2.45, 2.75) is 45.8 Å². The van der Waals surface area contributed by atoms with Crippen molar-refractivity contribution in [3.8, 4) is 11.1 Å². The molecule has 0 aromatic heterocycles. The molecule has 0 aliphatic carbocycles. The first-order chi connectivity index (χ1) is 16.8. The predicted molar refractivity (Wildman–Crippen MR) is 139 cm³/mol. The Hall–Kier alpha value is -2.73. The van der Waals surface area contributed by atoms with Crippen LogP contribution in [0.2, 0.25) is 5.02 Å². The zero-order valence-corrected chi connectivity index (χ0v) is 21.1. The summed E-state index contributed by atoms with van der Waals surface area (Å²) < 4.78 is 25.4. The molecule has 3 aromatic rings. The number of carbonyl (C=O) groups is 1. The van der Waals surface area contributed by atoms with E-state index in [2.05, 4.69) is 0 Å². The van der Waals surface area contributed by atoms with Crippen molar-refractivity contribution in [2.75, 3.05) is 13.2 Å². The van der Waals surface area contributed by atoms with Crippen LogP contribution in [0.3, 0.4) is 0 Å². The van der Waals surface area contributed by atoms with Crippen molar-refractivity contribution in [3.63, 3.8) is 0 Å². The largest absolute Gasteiger partial charge is 0.460 e. The molecule has 0 bridgehead atoms. The highest BCUT2D eigenvalue weighted by Crippen LogP contribution is 2.31. The second-order valence-corrected chi connectivity index (χ2v) is 9.50. The molecule has 0 radical (unpaired) electrons. The van der Waals surface area contributed by atoms with Crippen molar-refractivity contribution < 1.29 is 18.7 Å². The molecule has 3 rings (SSSR count). The fourth-order valence-corrected chi connectivity index (χ4v) is 4.29. The van der Waals surface area contributed by atoms with E-state index in [1.807, 2.05) is 68.4 Å². The van der Waals surface area contributed by atoms with E-state index in [0.717, 1.165) is 16.7 Å². The summed E-state index contributed by atoms with van der Waals surface area (Å²) in [5.74, 6) is -0.596. The maximum atomic E-state index is 14.2. The summed E-state index contributed by atoms with van der Waals surface area (Å²) >= 11 is 6.03. The second kappa shape index (κ2) is 12.8. The molecule has 6 heteroatoms. The van der Waals surface area contributed by atoms with E-state index in [9.17, 15) is 9.18 Å². The van der Waals surface area contributed by atoms with Crippen molar-refractivity contribution in [3.05, 3.63) is 94.8 Å². The Morgan fingerprint density at radius 1 is 1.06 bits per heavy atom. The van der Waals surface area contributed by atoms with Gasteiger partial charge in [0.25, 0.3) is 0 Å². The van der Waals surface area contributed by atoms with Crippen molar-refractivity contribution in [1.29, 1.82) is 0 Å². The van der Waals surface area contributed by atoms with Crippen molar-refractivity contribution >= 4 is 17.6 Å². The van der Waals surface area contributed by atoms with Crippen LogP contribution in [-0.4, -0.2) is 25.2 Å². The molecule has 2 N–H and O–H groups in total. The molecule has 0 aliphatic rings. The Labute approximate surface area is 212 Å². The smallest absolute Gasteiger partial charge is 0.312 e. The Bertz CT molecular complexity index is 1090. The van der Waals surface area contributed by atoms with Gasteiger partial charge in [-0.15, -0.1) is 0 Å². The summed E-state index contributed by atoms with van der Waals surface area (Å²) in [4.78, 5) is 13.1. The lowest BCUT2D eigenvalue weighted by Gasteiger charge is -2.30. The summed E-state index contributed by atoms with van der Waals surface area (Å²) in [6, 6.07) is 21.4. The lowest BCUT2D eigenvalue weighted by molar-refractivity contribution is -0.158. The van der Waals surface area contributed by atoms with Crippen LogP contribution in [0, 0.1) is 11.2 Å². The Morgan fingerprint density at radius 2 is 1.77 bits per heavy atom. The van der Waals surface area contributed by atoms with Crippen LogP contribution in [0.1, 0.15) is 37.8 Å². The first-order valence-corrected chi connectivity index (χ1v) is 12.3. The van der Waals surface area contributed by atoms with E-state index in [0.29, 0.717) is 43.1 Å². The second-order valence-electron chi connectivity index (χ2n) is 9.06. The highest BCUT2D eigenvalue weighted by Gasteiger charge is 2.36. The summed E-state index contributed by atoms with van der Waals surface area (Å²) in [6.07, 6.45) is 1.56. The summed E-state index contributed by atoms with van der Waals surface area (Å²) in [5.41, 5.74) is 8.88. The van der Waals surface area contributed by atoms with Gasteiger partial charge in [-0.25, -0.2) is 4.39 Å². The summed E-state index contributed by atoms with van der Waals surface area (Å²) in [7, 11) is 0. The third-order valence-corrected chi connectivity index (χ3v) is 6.35. The number of halogens is 2. The van der Waals surface area contributed by atoms with E-state index in [4.69, 9.17) is 26.8 Å². The van der Waals surface area contributed by atoms with Gasteiger partial charge >= 0.3 is 5.97 Å². The first-order valence-electron chi connectivity index (χ1n) is 11.9. The molecular weight excluding hydrogens is 465 g/mol. The van der Waals surface area contributed by atoms with Gasteiger partial charge in [0.1, 0.15) is 12.4 Å². The number of ether oxygens (including phenoxy) is 2. The number of rotatable bonds is 12. The molecule has 0 saturated carbocycles. The fraction of sp³-hybridized carbons (Fsp3) is 0.345. The molecule has 186 valence electrons. The standard InChI is InChI=1S/C29H33ClFNO3/c1-3-34-16-15-29(2,28(33)35-20-22-7-5-4-6-8-22)19-25(32)17-21-9-11-23(12-10-21)26-18-24(30)13-14-27(26)31/h4-14,18,25H,3,15-17,19-20,32H2,1-2H3/t25-,29?/m1/s1. The van der Waals surface area contributed by atoms with Gasteiger partial charge in [0.05, 0.1) is 5.41 Å². The number of nitrogens with two attached hydrogens (primary N) is 1. The van der Waals surface area contributed by atoms with Crippen LogP contribution in [0.15, 0.2) is 72.8 Å². The summed E-state index contributed by atoms with van der Waals surface area (Å²) in [6.45, 7) is 5.08. The van der Waals surface area contributed by atoms with Crippen LogP contribution in [0.5, 0.6) is 0 Å². The average Bonchev–Trinajstić information content (AvgIpc) is 2.85. The summed E-state index contributed by atoms with van der Waals surface area (Å²) in [5, 5.41) is 0.484. The van der Waals surface area contributed by atoms with Crippen molar-refractivity contribution in [2.24, 2.45) is 11.1 Å². The Balaban J connectivity index is 1.65. The van der Waals surface area contributed by atoms with E-state index in [-0.39, 0.29) is 24.4 Å². The number of benzene rings is 3. The van der Waals surface area contributed by atoms with Gasteiger partial charge in [0.2, 0.25) is 0 Å². The zero-order valence-electron chi connectivity index (χ0n) is 20.3. The maximum Gasteiger partial charge on any atom is 0.312 e. The average molecular weight is 498 g/mol. The lowest BCUT2D eigenvalue weighted by atomic mass is 9.79. The zero-order chi connectivity index (χ0) is 25.3. The van der Waals surface area contributed by atoms with E-state index in [1.54, 1.807) is 6.07 Å². The molecular formula is C29H33ClFNO3. The van der Waals surface area contributed by atoms with E-state index in [1.165, 1.54) is 12.1 Å². The highest BCUT2D eigenvalue weighted by molar-refractivity contribution is 6.30. The monoisotopic (exact) mass is 497 g/mol. The minimum absolute atomic E-state index is 0.223. The van der Waals surface area contributed by atoms with E-state index < -0.39 is 5.41 Å². The lowest BCUT2D eigenvalue weighted by Crippen LogP contribution is -2.38. The number of hydrogen-bond donors (Lipinski definition) is 1. The number of hydrogen-bond acceptors (Lipinski definition) is 4. The van der Waals surface area contributed by atoms with Gasteiger partial charge in [0.15, 0.2) is 0 Å². The van der Waals surface area contributed by atoms with Crippen LogP contribution in [0.25, 0.3) is 11.1 Å². The normalized spacial score (nSPS) is 13.7. The van der Waals surface area contributed by atoms with Crippen molar-refractivity contribution in [1.82, 2.24) is 0 Å². The number of carbonyl (C=O) groups excluding carboxylic acids is 1. The third-order valence-electron chi connectivity index (χ3n) is 6.11. The molecule has 1 unspecified atom stereocenters. The molecule has 3 aromatic carbocycles. The molecule has 0 aliphatic heterocycles. The van der Waals surface area contributed by atoms with Gasteiger partial charge in [0, 0.05) is 29.8 Å². The Kier molecular flexibility index (Phi) is 9.84. The molecule has 2 atom stereocenters. The molecule has 35 heavy (non-hydrogen) atoms. The van der Waals surface area contributed by atoms with Gasteiger partial charge in [-0.3, -0.25) is 4.79 Å². The molecule has 0 amide bonds. The number of esters is 1. The first kappa shape index (κ1) is 26.9. The predicted octanol–water partition coefficient (Wildman–Crippen LogP) is 6.58. The maximum absolute atomic E-state index is 14.2. The van der Waals surface area contributed by atoms with Gasteiger partial charge < -0.3 is 15.2 Å². The minimum Gasteiger partial charge on any atom is -0.460 e. The SMILES string of the molecule is CCOCCC(C)(C[C@H](N)Cc1ccc(-c2cc(Cl)ccc2F)cc1)C(=O)OCc1ccccc1. The molecule has 0 heterocycles. The molecule has 0 fully saturated rings. The van der Waals surface area contributed by atoms with Crippen LogP contribution in [-0.2, 0) is 27.3 Å². The molecule has 4 nitrogen and oxygen atoms in total. The van der Waals surface area contributed by atoms with Gasteiger partial charge in [-0.05, 0) is 68.0 Å². The third kappa shape index (κ3) is 7.89. The van der Waals surface area contributed by atoms with Crippen LogP contribution in [0.4, 0.5) is 4.39 Å².